The number of carbonyl (C=O) groups is 2. The molecule has 0 fully saturated rings. The standard InChI is InChI=1S/C18H19Cl2N3O2/c1-2-3-4-10-21-17(24)15-6-5-7-16(22-15)18(25)23-14-9-8-12(19)11-13(14)20/h5-9,11H,2-4,10H2,1H3,(H,21,24)(H,23,25). The average Bonchev–Trinajstić information content (AvgIpc) is 2.61. The minimum absolute atomic E-state index is 0.132. The first-order valence-electron chi connectivity index (χ1n) is 8.03. The van der Waals surface area contributed by atoms with Crippen LogP contribution in [-0.4, -0.2) is 23.3 Å². The molecule has 132 valence electrons. The van der Waals surface area contributed by atoms with Crippen molar-refractivity contribution in [2.24, 2.45) is 0 Å². The van der Waals surface area contributed by atoms with Crippen LogP contribution in [0.3, 0.4) is 0 Å². The summed E-state index contributed by atoms with van der Waals surface area (Å²) in [5, 5.41) is 6.25. The van der Waals surface area contributed by atoms with Crippen molar-refractivity contribution in [3.63, 3.8) is 0 Å². The molecule has 0 saturated carbocycles. The summed E-state index contributed by atoms with van der Waals surface area (Å²) in [4.78, 5) is 28.5. The van der Waals surface area contributed by atoms with Gasteiger partial charge in [0.2, 0.25) is 0 Å². The number of benzene rings is 1. The van der Waals surface area contributed by atoms with E-state index in [4.69, 9.17) is 23.2 Å². The topological polar surface area (TPSA) is 71.1 Å². The highest BCUT2D eigenvalue weighted by Gasteiger charge is 2.13. The number of amides is 2. The summed E-state index contributed by atoms with van der Waals surface area (Å²) in [7, 11) is 0. The third-order valence-corrected chi connectivity index (χ3v) is 4.01. The van der Waals surface area contributed by atoms with Gasteiger partial charge in [0, 0.05) is 11.6 Å². The van der Waals surface area contributed by atoms with Gasteiger partial charge in [0.15, 0.2) is 0 Å². The highest BCUT2D eigenvalue weighted by atomic mass is 35.5. The molecule has 1 aromatic carbocycles. The predicted octanol–water partition coefficient (Wildman–Crippen LogP) is 4.56. The number of unbranched alkanes of at least 4 members (excludes halogenated alkanes) is 2. The molecule has 0 radical (unpaired) electrons. The van der Waals surface area contributed by atoms with E-state index in [2.05, 4.69) is 22.5 Å². The summed E-state index contributed by atoms with van der Waals surface area (Å²) in [6.07, 6.45) is 3.05. The number of hydrogen-bond acceptors (Lipinski definition) is 3. The number of carbonyl (C=O) groups excluding carboxylic acids is 2. The van der Waals surface area contributed by atoms with Crippen molar-refractivity contribution in [3.8, 4) is 0 Å². The lowest BCUT2D eigenvalue weighted by Gasteiger charge is -2.08. The van der Waals surface area contributed by atoms with Gasteiger partial charge in [-0.3, -0.25) is 9.59 Å². The van der Waals surface area contributed by atoms with E-state index in [0.717, 1.165) is 19.3 Å². The van der Waals surface area contributed by atoms with Crippen LogP contribution in [0.25, 0.3) is 0 Å². The largest absolute Gasteiger partial charge is 0.351 e. The smallest absolute Gasteiger partial charge is 0.274 e. The minimum Gasteiger partial charge on any atom is -0.351 e. The van der Waals surface area contributed by atoms with E-state index in [0.29, 0.717) is 22.3 Å². The number of halogens is 2. The molecule has 0 saturated heterocycles. The Morgan fingerprint density at radius 1 is 1.04 bits per heavy atom. The van der Waals surface area contributed by atoms with Crippen LogP contribution in [-0.2, 0) is 0 Å². The van der Waals surface area contributed by atoms with Gasteiger partial charge in [-0.25, -0.2) is 4.98 Å². The molecule has 0 atom stereocenters. The fraction of sp³-hybridized carbons (Fsp3) is 0.278. The van der Waals surface area contributed by atoms with Crippen molar-refractivity contribution in [1.29, 1.82) is 0 Å². The Balaban J connectivity index is 2.04. The van der Waals surface area contributed by atoms with Crippen molar-refractivity contribution in [1.82, 2.24) is 10.3 Å². The van der Waals surface area contributed by atoms with Gasteiger partial charge in [-0.2, -0.15) is 0 Å². The lowest BCUT2D eigenvalue weighted by Crippen LogP contribution is -2.26. The first kappa shape index (κ1) is 19.2. The summed E-state index contributed by atoms with van der Waals surface area (Å²) in [5.41, 5.74) is 0.755. The lowest BCUT2D eigenvalue weighted by molar-refractivity contribution is 0.0948. The number of nitrogens with one attached hydrogen (secondary N) is 2. The van der Waals surface area contributed by atoms with Crippen LogP contribution in [0.5, 0.6) is 0 Å². The van der Waals surface area contributed by atoms with Crippen molar-refractivity contribution < 1.29 is 9.59 Å². The van der Waals surface area contributed by atoms with Crippen LogP contribution in [0, 0.1) is 0 Å². The van der Waals surface area contributed by atoms with E-state index in [1.165, 1.54) is 12.1 Å². The molecule has 0 spiro atoms. The maximum Gasteiger partial charge on any atom is 0.274 e. The molecule has 0 aliphatic carbocycles. The average molecular weight is 380 g/mol. The molecule has 2 amide bonds. The molecular formula is C18H19Cl2N3O2. The number of rotatable bonds is 7. The molecule has 2 aromatic rings. The van der Waals surface area contributed by atoms with Crippen LogP contribution >= 0.6 is 23.2 Å². The van der Waals surface area contributed by atoms with Crippen molar-refractivity contribution in [3.05, 3.63) is 57.8 Å². The van der Waals surface area contributed by atoms with Crippen molar-refractivity contribution in [2.45, 2.75) is 26.2 Å². The zero-order valence-electron chi connectivity index (χ0n) is 13.8. The zero-order valence-corrected chi connectivity index (χ0v) is 15.3. The van der Waals surface area contributed by atoms with E-state index >= 15 is 0 Å². The molecule has 2 rings (SSSR count). The van der Waals surface area contributed by atoms with Gasteiger partial charge in [-0.15, -0.1) is 0 Å². The van der Waals surface area contributed by atoms with E-state index in [-0.39, 0.29) is 17.3 Å². The van der Waals surface area contributed by atoms with Crippen molar-refractivity contribution in [2.75, 3.05) is 11.9 Å². The number of hydrogen-bond donors (Lipinski definition) is 2. The molecule has 0 unspecified atom stereocenters. The lowest BCUT2D eigenvalue weighted by atomic mass is 10.2. The highest BCUT2D eigenvalue weighted by Crippen LogP contribution is 2.25. The molecule has 25 heavy (non-hydrogen) atoms. The normalized spacial score (nSPS) is 10.4. The molecular weight excluding hydrogens is 361 g/mol. The van der Waals surface area contributed by atoms with Crippen molar-refractivity contribution >= 4 is 40.7 Å². The second-order valence-corrected chi connectivity index (χ2v) is 6.29. The van der Waals surface area contributed by atoms with Gasteiger partial charge in [0.25, 0.3) is 11.8 Å². The second kappa shape index (κ2) is 9.39. The van der Waals surface area contributed by atoms with Crippen LogP contribution < -0.4 is 10.6 Å². The molecule has 1 heterocycles. The quantitative estimate of drug-likeness (QED) is 0.692. The van der Waals surface area contributed by atoms with Gasteiger partial charge in [-0.1, -0.05) is 49.0 Å². The van der Waals surface area contributed by atoms with Crippen LogP contribution in [0.1, 0.15) is 47.2 Å². The Kier molecular flexibility index (Phi) is 7.22. The SMILES string of the molecule is CCCCCNC(=O)c1cccc(C(=O)Nc2ccc(Cl)cc2Cl)n1. The summed E-state index contributed by atoms with van der Waals surface area (Å²) in [6.45, 7) is 2.68. The Morgan fingerprint density at radius 3 is 2.44 bits per heavy atom. The summed E-state index contributed by atoms with van der Waals surface area (Å²) >= 11 is 11.9. The molecule has 2 N–H and O–H groups in total. The molecule has 5 nitrogen and oxygen atoms in total. The molecule has 0 aliphatic heterocycles. The third-order valence-electron chi connectivity index (χ3n) is 3.46. The first-order chi connectivity index (χ1) is 12.0. The zero-order chi connectivity index (χ0) is 18.2. The van der Waals surface area contributed by atoms with E-state index < -0.39 is 5.91 Å². The fourth-order valence-electron chi connectivity index (χ4n) is 2.13. The van der Waals surface area contributed by atoms with Crippen LogP contribution in [0.2, 0.25) is 10.0 Å². The summed E-state index contributed by atoms with van der Waals surface area (Å²) < 4.78 is 0. The Morgan fingerprint density at radius 2 is 1.76 bits per heavy atom. The Labute approximate surface area is 156 Å². The maximum absolute atomic E-state index is 12.3. The van der Waals surface area contributed by atoms with Gasteiger partial charge in [0.1, 0.15) is 11.4 Å². The first-order valence-corrected chi connectivity index (χ1v) is 8.78. The van der Waals surface area contributed by atoms with E-state index in [1.807, 2.05) is 0 Å². The highest BCUT2D eigenvalue weighted by molar-refractivity contribution is 6.36. The molecule has 7 heteroatoms. The van der Waals surface area contributed by atoms with Gasteiger partial charge in [0.05, 0.1) is 10.7 Å². The second-order valence-electron chi connectivity index (χ2n) is 5.45. The maximum atomic E-state index is 12.3. The minimum atomic E-state index is -0.454. The summed E-state index contributed by atoms with van der Waals surface area (Å²) in [6, 6.07) is 9.48. The summed E-state index contributed by atoms with van der Waals surface area (Å²) in [5.74, 6) is -0.750. The van der Waals surface area contributed by atoms with E-state index in [9.17, 15) is 9.59 Å². The van der Waals surface area contributed by atoms with Gasteiger partial charge in [-0.05, 0) is 36.8 Å². The van der Waals surface area contributed by atoms with Gasteiger partial charge >= 0.3 is 0 Å². The monoisotopic (exact) mass is 379 g/mol. The fourth-order valence-corrected chi connectivity index (χ4v) is 2.59. The van der Waals surface area contributed by atoms with Crippen LogP contribution in [0.4, 0.5) is 5.69 Å². The number of aromatic nitrogens is 1. The number of pyridine rings is 1. The molecule has 1 aromatic heterocycles. The number of anilines is 1. The predicted molar refractivity (Wildman–Crippen MR) is 101 cm³/mol. The number of nitrogens with zero attached hydrogens (tertiary/aromatic N) is 1. The molecule has 0 bridgehead atoms. The third kappa shape index (κ3) is 5.73. The van der Waals surface area contributed by atoms with Gasteiger partial charge < -0.3 is 10.6 Å². The molecule has 0 aliphatic rings. The Hall–Kier alpha value is -2.11. The van der Waals surface area contributed by atoms with Crippen LogP contribution in [0.15, 0.2) is 36.4 Å². The Bertz CT molecular complexity index is 766. The van der Waals surface area contributed by atoms with E-state index in [1.54, 1.807) is 24.3 Å².